The number of rotatable bonds is 19. The predicted octanol–water partition coefficient (Wildman–Crippen LogP) is 7.96. The van der Waals surface area contributed by atoms with Crippen LogP contribution in [-0.2, 0) is 39.6 Å². The van der Waals surface area contributed by atoms with Crippen molar-refractivity contribution in [1.82, 2.24) is 48.9 Å². The lowest BCUT2D eigenvalue weighted by molar-refractivity contribution is 0.0280. The predicted molar refractivity (Wildman–Crippen MR) is 335 cm³/mol. The molecule has 2 fully saturated rings. The van der Waals surface area contributed by atoms with Crippen molar-refractivity contribution in [3.8, 4) is 57.7 Å². The van der Waals surface area contributed by atoms with E-state index < -0.39 is 49.0 Å². The van der Waals surface area contributed by atoms with Crippen LogP contribution in [0.2, 0.25) is 0 Å². The number of carbonyl (C=O) groups excluding carboxylic acids is 1. The van der Waals surface area contributed by atoms with Crippen LogP contribution in [0, 0.1) is 22.7 Å². The molecule has 0 bridgehead atoms. The summed E-state index contributed by atoms with van der Waals surface area (Å²) in [5, 5.41) is 51.5. The van der Waals surface area contributed by atoms with Crippen molar-refractivity contribution >= 4 is 39.3 Å². The first-order chi connectivity index (χ1) is 41.1. The smallest absolute Gasteiger partial charge is 0.212 e. The third-order valence-corrected chi connectivity index (χ3v) is 17.5. The number of nitriles is 2. The van der Waals surface area contributed by atoms with Crippen molar-refractivity contribution in [2.75, 3.05) is 53.6 Å². The molecule has 10 rings (SSSR count). The van der Waals surface area contributed by atoms with E-state index in [0.717, 1.165) is 45.2 Å². The Balaban J connectivity index is 0.000000198. The molecule has 2 aliphatic heterocycles. The van der Waals surface area contributed by atoms with Crippen LogP contribution in [0.5, 0.6) is 23.3 Å². The minimum atomic E-state index is -1.28. The number of carbonyl (C=O) groups is 1. The summed E-state index contributed by atoms with van der Waals surface area (Å²) in [7, 11) is 0.643. The molecule has 8 aromatic rings. The van der Waals surface area contributed by atoms with Gasteiger partial charge in [-0.3, -0.25) is 9.69 Å². The molecule has 5 N–H and O–H groups in total. The fourth-order valence-electron chi connectivity index (χ4n) is 9.39. The number of nitrogens with zero attached hydrogens (tertiary/aromatic N) is 9. The van der Waals surface area contributed by atoms with E-state index >= 15 is 0 Å². The first-order valence-electron chi connectivity index (χ1n) is 28.1. The van der Waals surface area contributed by atoms with Gasteiger partial charge in [0.15, 0.2) is 6.29 Å². The van der Waals surface area contributed by atoms with Gasteiger partial charge >= 0.3 is 0 Å². The summed E-state index contributed by atoms with van der Waals surface area (Å²) in [6, 6.07) is 31.5. The van der Waals surface area contributed by atoms with E-state index in [2.05, 4.69) is 64.1 Å². The van der Waals surface area contributed by atoms with Gasteiger partial charge in [0.2, 0.25) is 11.8 Å². The largest absolute Gasteiger partial charge is 0.489 e. The molecule has 87 heavy (non-hydrogen) atoms. The SMILES string of the molecule is CC(C)(O)COc1cc(-c2ccc(C3(NS(=O)C(C)(C)C)CNC3)cc2)c2c(C#N)cnn2c1.COc1ccc(C=O)cn1.COc1ccc(CN2CC(NS(=O)C(C)(C)C)(c3ccc(-c4cc(OCC(C)(C)O)cn5ncc(C#N)c45)cc3)C2)cn1. The van der Waals surface area contributed by atoms with E-state index in [9.17, 15) is 33.9 Å². The number of hydrogen-bond acceptors (Lipinski definition) is 17. The highest BCUT2D eigenvalue weighted by Gasteiger charge is 2.47. The highest BCUT2D eigenvalue weighted by molar-refractivity contribution is 7.84. The Morgan fingerprint density at radius 1 is 0.632 bits per heavy atom. The zero-order chi connectivity index (χ0) is 63.1. The van der Waals surface area contributed by atoms with Crippen molar-refractivity contribution in [3.63, 3.8) is 0 Å². The molecule has 0 aliphatic carbocycles. The summed E-state index contributed by atoms with van der Waals surface area (Å²) in [6.45, 7) is 22.1. The van der Waals surface area contributed by atoms with Crippen molar-refractivity contribution in [1.29, 1.82) is 10.5 Å². The highest BCUT2D eigenvalue weighted by Crippen LogP contribution is 2.39. The van der Waals surface area contributed by atoms with E-state index in [1.165, 1.54) is 25.7 Å². The quantitative estimate of drug-likeness (QED) is 0.0480. The van der Waals surface area contributed by atoms with Crippen LogP contribution in [0.4, 0.5) is 0 Å². The molecule has 2 aromatic carbocycles. The second-order valence-corrected chi connectivity index (χ2v) is 28.7. The maximum atomic E-state index is 13.3. The average Bonchev–Trinajstić information content (AvgIpc) is 1.24. The number of benzene rings is 2. The minimum absolute atomic E-state index is 0.103. The van der Waals surface area contributed by atoms with Crippen LogP contribution < -0.4 is 33.7 Å². The summed E-state index contributed by atoms with van der Waals surface area (Å²) in [5.41, 5.74) is 6.49. The van der Waals surface area contributed by atoms with Gasteiger partial charge in [0, 0.05) is 73.9 Å². The number of nitrogens with one attached hydrogen (secondary N) is 3. The number of fused-ring (bicyclic) bond motifs is 2. The molecular weight excluding hydrogens is 1140 g/mol. The lowest BCUT2D eigenvalue weighted by atomic mass is 9.82. The number of ether oxygens (including phenoxy) is 4. The van der Waals surface area contributed by atoms with E-state index in [1.54, 1.807) is 68.4 Å². The zero-order valence-electron chi connectivity index (χ0n) is 51.2. The minimum Gasteiger partial charge on any atom is -0.489 e. The van der Waals surface area contributed by atoms with E-state index in [4.69, 9.17) is 18.9 Å². The van der Waals surface area contributed by atoms with Gasteiger partial charge in [0.05, 0.1) is 115 Å². The summed E-state index contributed by atoms with van der Waals surface area (Å²) in [4.78, 5) is 20.6. The molecule has 23 heteroatoms. The topological polar surface area (TPSA) is 276 Å². The van der Waals surface area contributed by atoms with Gasteiger partial charge < -0.3 is 34.5 Å². The molecule has 0 radical (unpaired) electrons. The molecule has 2 atom stereocenters. The molecule has 21 nitrogen and oxygen atoms in total. The van der Waals surface area contributed by atoms with E-state index in [-0.39, 0.29) is 18.0 Å². The van der Waals surface area contributed by atoms with Crippen LogP contribution in [-0.4, -0.2) is 133 Å². The van der Waals surface area contributed by atoms with Gasteiger partial charge in [-0.25, -0.2) is 36.9 Å². The molecule has 2 unspecified atom stereocenters. The molecule has 0 amide bonds. The monoisotopic (exact) mass is 1220 g/mol. The van der Waals surface area contributed by atoms with Crippen LogP contribution in [0.25, 0.3) is 33.3 Å². The second-order valence-electron chi connectivity index (χ2n) is 24.8. The van der Waals surface area contributed by atoms with Gasteiger partial charge in [0.25, 0.3) is 0 Å². The Bertz CT molecular complexity index is 3820. The first-order valence-corrected chi connectivity index (χ1v) is 30.4. The van der Waals surface area contributed by atoms with Crippen LogP contribution in [0.15, 0.2) is 122 Å². The summed E-state index contributed by atoms with van der Waals surface area (Å²) in [5.74, 6) is 2.17. The van der Waals surface area contributed by atoms with Gasteiger partial charge in [-0.1, -0.05) is 54.6 Å². The Morgan fingerprint density at radius 3 is 1.43 bits per heavy atom. The van der Waals surface area contributed by atoms with Crippen molar-refractivity contribution in [3.05, 3.63) is 155 Å². The number of aldehydes is 1. The number of aliphatic hydroxyl groups is 2. The Morgan fingerprint density at radius 2 is 1.07 bits per heavy atom. The third kappa shape index (κ3) is 16.0. The highest BCUT2D eigenvalue weighted by atomic mass is 32.2. The van der Waals surface area contributed by atoms with E-state index in [0.29, 0.717) is 83.7 Å². The molecular formula is C64H76N12O9S2. The first kappa shape index (κ1) is 65.0. The fraction of sp³-hybridized carbons (Fsp3) is 0.391. The molecule has 2 aliphatic rings. The molecule has 6 aromatic heterocycles. The maximum absolute atomic E-state index is 13.3. The number of aromatic nitrogens is 6. The van der Waals surface area contributed by atoms with Crippen LogP contribution >= 0.6 is 0 Å². The third-order valence-electron chi connectivity index (χ3n) is 14.1. The Labute approximate surface area is 512 Å². The van der Waals surface area contributed by atoms with Crippen molar-refractivity contribution in [2.45, 2.75) is 108 Å². The molecule has 2 saturated heterocycles. The van der Waals surface area contributed by atoms with Crippen molar-refractivity contribution in [2.24, 2.45) is 0 Å². The lowest BCUT2D eigenvalue weighted by Gasteiger charge is -2.51. The van der Waals surface area contributed by atoms with E-state index in [1.807, 2.05) is 108 Å². The lowest BCUT2D eigenvalue weighted by Crippen LogP contribution is -2.67. The zero-order valence-corrected chi connectivity index (χ0v) is 52.8. The number of methoxy groups -OCH3 is 2. The van der Waals surface area contributed by atoms with Gasteiger partial charge in [-0.2, -0.15) is 20.7 Å². The standard InChI is InChI=1S/C32H38N6O4S.C25H31N5O3S.C7H7NO2/c1-30(2,3)43(40)36-32(19-37(20-32)17-22-7-12-28(41-6)34-15-22)25-10-8-23(9-11-25)27-13-26(42-21-31(4,5)39)18-38-29(27)24(14-33)16-35-38;1-23(2,3)34(32)29-25(14-27-15-25)19-8-6-17(7-9-19)21-10-20(33-16-24(4,5)31)13-30-22(21)18(11-26)12-28-30;1-10-7-3-2-6(5-9)4-8-7/h7-13,15-16,18,36,39H,17,19-21H2,1-6H3;6-10,12-13,27,29,31H,14-16H2,1-5H3;2-5H,1H3. The van der Waals surface area contributed by atoms with Crippen LogP contribution in [0.1, 0.15) is 107 Å². The Hall–Kier alpha value is -7.97. The summed E-state index contributed by atoms with van der Waals surface area (Å²) in [6.07, 6.45) is 10.5. The van der Waals surface area contributed by atoms with Crippen LogP contribution in [0.3, 0.4) is 0 Å². The number of pyridine rings is 4. The molecule has 458 valence electrons. The van der Waals surface area contributed by atoms with Crippen molar-refractivity contribution < 1.29 is 42.4 Å². The Kier molecular flexibility index (Phi) is 19.8. The summed E-state index contributed by atoms with van der Waals surface area (Å²) >= 11 is 0. The summed E-state index contributed by atoms with van der Waals surface area (Å²) < 4.78 is 57.0. The number of likely N-dealkylation sites (tertiary alicyclic amines) is 1. The number of hydrogen-bond donors (Lipinski definition) is 5. The molecule has 0 saturated carbocycles. The molecule has 0 spiro atoms. The average molecular weight is 1220 g/mol. The normalized spacial score (nSPS) is 15.4. The van der Waals surface area contributed by atoms with Gasteiger partial charge in [-0.05, 0) is 115 Å². The van der Waals surface area contributed by atoms with Gasteiger partial charge in [-0.15, -0.1) is 0 Å². The maximum Gasteiger partial charge on any atom is 0.212 e. The molecule has 8 heterocycles. The van der Waals surface area contributed by atoms with Gasteiger partial charge in [0.1, 0.15) is 36.9 Å². The fourth-order valence-corrected chi connectivity index (χ4v) is 11.2. The second kappa shape index (κ2) is 26.6.